The van der Waals surface area contributed by atoms with Crippen molar-refractivity contribution < 1.29 is 18.5 Å². The second-order valence-corrected chi connectivity index (χ2v) is 7.18. The molecule has 9 heteroatoms. The second-order valence-electron chi connectivity index (χ2n) is 7.18. The fraction of sp³-hybridized carbons (Fsp3) is 0.300. The first-order valence-electron chi connectivity index (χ1n) is 9.51. The molecule has 0 radical (unpaired) electrons. The Labute approximate surface area is 165 Å². The Morgan fingerprint density at radius 2 is 2.17 bits per heavy atom. The summed E-state index contributed by atoms with van der Waals surface area (Å²) >= 11 is 0. The largest absolute Gasteiger partial charge is 0.360 e. The van der Waals surface area contributed by atoms with E-state index in [2.05, 4.69) is 20.7 Å². The Morgan fingerprint density at radius 3 is 3.03 bits per heavy atom. The number of benzene rings is 1. The highest BCUT2D eigenvalue weighted by Gasteiger charge is 2.38. The third-order valence-electron chi connectivity index (χ3n) is 5.44. The predicted molar refractivity (Wildman–Crippen MR) is 99.5 cm³/mol. The van der Waals surface area contributed by atoms with Crippen LogP contribution in [-0.4, -0.2) is 45.2 Å². The number of rotatable bonds is 3. The average molecular weight is 395 g/mol. The molecular formula is C20H18FN5O3. The van der Waals surface area contributed by atoms with Gasteiger partial charge in [-0.15, -0.1) is 0 Å². The van der Waals surface area contributed by atoms with Crippen LogP contribution in [0.3, 0.4) is 0 Å². The number of carbonyl (C=O) groups excluding carboxylic acids is 2. The van der Waals surface area contributed by atoms with Crippen molar-refractivity contribution in [3.63, 3.8) is 0 Å². The molecule has 0 aliphatic carbocycles. The van der Waals surface area contributed by atoms with Gasteiger partial charge in [-0.3, -0.25) is 14.7 Å². The fourth-order valence-corrected chi connectivity index (χ4v) is 4.04. The van der Waals surface area contributed by atoms with E-state index in [4.69, 9.17) is 4.52 Å². The minimum absolute atomic E-state index is 0.217. The molecule has 5 rings (SSSR count). The number of hydrogen-bond acceptors (Lipinski definition) is 5. The van der Waals surface area contributed by atoms with E-state index in [9.17, 15) is 14.0 Å². The number of carbonyl (C=O) groups is 2. The molecule has 2 N–H and O–H groups in total. The van der Waals surface area contributed by atoms with Gasteiger partial charge >= 0.3 is 0 Å². The maximum atomic E-state index is 14.0. The van der Waals surface area contributed by atoms with Gasteiger partial charge < -0.3 is 14.7 Å². The van der Waals surface area contributed by atoms with E-state index in [1.54, 1.807) is 29.2 Å². The van der Waals surface area contributed by atoms with Crippen molar-refractivity contribution in [1.29, 1.82) is 0 Å². The molecule has 0 spiro atoms. The summed E-state index contributed by atoms with van der Waals surface area (Å²) in [7, 11) is 0. The zero-order chi connectivity index (χ0) is 20.0. The Hall–Kier alpha value is -3.49. The Balaban J connectivity index is 1.44. The Bertz CT molecular complexity index is 1110. The monoisotopic (exact) mass is 395 g/mol. The van der Waals surface area contributed by atoms with Gasteiger partial charge in [-0.1, -0.05) is 17.3 Å². The molecule has 1 atom stereocenters. The lowest BCUT2D eigenvalue weighted by atomic mass is 10.0. The molecule has 29 heavy (non-hydrogen) atoms. The molecule has 4 heterocycles. The molecule has 3 aromatic rings. The predicted octanol–water partition coefficient (Wildman–Crippen LogP) is 2.47. The van der Waals surface area contributed by atoms with Crippen molar-refractivity contribution >= 4 is 11.8 Å². The molecule has 0 bridgehead atoms. The summed E-state index contributed by atoms with van der Waals surface area (Å²) in [4.78, 5) is 27.1. The van der Waals surface area contributed by atoms with E-state index in [1.807, 2.05) is 0 Å². The van der Waals surface area contributed by atoms with Crippen LogP contribution in [0.1, 0.15) is 51.2 Å². The van der Waals surface area contributed by atoms with E-state index in [-0.39, 0.29) is 23.6 Å². The molecule has 1 saturated heterocycles. The number of nitrogens with one attached hydrogen (secondary N) is 2. The zero-order valence-corrected chi connectivity index (χ0v) is 15.4. The van der Waals surface area contributed by atoms with Crippen molar-refractivity contribution in [2.75, 3.05) is 13.1 Å². The highest BCUT2D eigenvalue weighted by molar-refractivity contribution is 5.98. The number of aromatic amines is 1. The van der Waals surface area contributed by atoms with Crippen LogP contribution in [0.4, 0.5) is 4.39 Å². The molecule has 2 amide bonds. The van der Waals surface area contributed by atoms with Gasteiger partial charge in [-0.05, 0) is 31.0 Å². The summed E-state index contributed by atoms with van der Waals surface area (Å²) < 4.78 is 19.4. The number of likely N-dealkylation sites (tertiary alicyclic amines) is 1. The lowest BCUT2D eigenvalue weighted by Gasteiger charge is -2.23. The molecular weight excluding hydrogens is 377 g/mol. The number of H-pyrrole nitrogens is 1. The van der Waals surface area contributed by atoms with Gasteiger partial charge in [0.15, 0.2) is 5.76 Å². The Morgan fingerprint density at radius 1 is 1.31 bits per heavy atom. The number of amides is 2. The van der Waals surface area contributed by atoms with Gasteiger partial charge in [0.05, 0.1) is 11.7 Å². The van der Waals surface area contributed by atoms with Gasteiger partial charge in [0.1, 0.15) is 22.8 Å². The number of halogens is 1. The molecule has 2 aliphatic rings. The normalized spacial score (nSPS) is 18.6. The van der Waals surface area contributed by atoms with Crippen molar-refractivity contribution in [1.82, 2.24) is 25.6 Å². The number of fused-ring (bicyclic) bond motifs is 1. The highest BCUT2D eigenvalue weighted by atomic mass is 19.1. The quantitative estimate of drug-likeness (QED) is 0.709. The summed E-state index contributed by atoms with van der Waals surface area (Å²) in [5, 5.41) is 13.7. The van der Waals surface area contributed by atoms with E-state index in [0.717, 1.165) is 6.42 Å². The average Bonchev–Trinajstić information content (AvgIpc) is 3.47. The van der Waals surface area contributed by atoms with Crippen LogP contribution in [0.5, 0.6) is 0 Å². The van der Waals surface area contributed by atoms with Crippen LogP contribution in [0.15, 0.2) is 34.9 Å². The molecule has 1 fully saturated rings. The second kappa shape index (κ2) is 6.84. The SMILES string of the molecule is O=C1NCCc2onc(C3CCCN3C(=O)c3cc(-c4ccccc4F)n[nH]3)c21. The first-order valence-corrected chi connectivity index (χ1v) is 9.51. The molecule has 1 aromatic carbocycles. The van der Waals surface area contributed by atoms with E-state index in [0.29, 0.717) is 54.2 Å². The van der Waals surface area contributed by atoms with Crippen molar-refractivity contribution in [3.8, 4) is 11.3 Å². The summed E-state index contributed by atoms with van der Waals surface area (Å²) in [5.41, 5.74) is 1.88. The molecule has 1 unspecified atom stereocenters. The standard InChI is InChI=1S/C20H18FN5O3/c21-12-5-2-1-4-11(12)13-10-14(24-23-13)20(28)26-9-3-6-15(26)18-17-16(29-25-18)7-8-22-19(17)27/h1-2,4-5,10,15H,3,6-9H2,(H,22,27)(H,23,24). The number of nitrogens with zero attached hydrogens (tertiary/aromatic N) is 3. The lowest BCUT2D eigenvalue weighted by molar-refractivity contribution is 0.0722. The van der Waals surface area contributed by atoms with E-state index < -0.39 is 5.82 Å². The zero-order valence-electron chi connectivity index (χ0n) is 15.4. The first kappa shape index (κ1) is 17.6. The minimum Gasteiger partial charge on any atom is -0.360 e. The van der Waals surface area contributed by atoms with Crippen LogP contribution >= 0.6 is 0 Å². The number of aromatic nitrogens is 3. The van der Waals surface area contributed by atoms with Gasteiger partial charge in [-0.2, -0.15) is 5.10 Å². The maximum Gasteiger partial charge on any atom is 0.272 e. The summed E-state index contributed by atoms with van der Waals surface area (Å²) in [5.74, 6) is -0.329. The van der Waals surface area contributed by atoms with Crippen LogP contribution < -0.4 is 5.32 Å². The van der Waals surface area contributed by atoms with Crippen LogP contribution in [0, 0.1) is 5.82 Å². The maximum absolute atomic E-state index is 14.0. The van der Waals surface area contributed by atoms with Gasteiger partial charge in [-0.25, -0.2) is 4.39 Å². The highest BCUT2D eigenvalue weighted by Crippen LogP contribution is 2.36. The summed E-state index contributed by atoms with van der Waals surface area (Å²) in [6.45, 7) is 1.04. The molecule has 2 aliphatic heterocycles. The summed E-state index contributed by atoms with van der Waals surface area (Å²) in [6, 6.07) is 7.46. The Kier molecular flexibility index (Phi) is 4.15. The minimum atomic E-state index is -0.405. The third-order valence-corrected chi connectivity index (χ3v) is 5.44. The molecule has 148 valence electrons. The van der Waals surface area contributed by atoms with Gasteiger partial charge in [0.2, 0.25) is 0 Å². The van der Waals surface area contributed by atoms with E-state index >= 15 is 0 Å². The van der Waals surface area contributed by atoms with Crippen molar-refractivity contribution in [3.05, 3.63) is 58.9 Å². The smallest absolute Gasteiger partial charge is 0.272 e. The summed E-state index contributed by atoms with van der Waals surface area (Å²) in [6.07, 6.45) is 2.06. The fourth-order valence-electron chi connectivity index (χ4n) is 4.04. The number of hydrogen-bond donors (Lipinski definition) is 2. The van der Waals surface area contributed by atoms with Crippen LogP contribution in [0.2, 0.25) is 0 Å². The van der Waals surface area contributed by atoms with Gasteiger partial charge in [0, 0.05) is 25.1 Å². The third kappa shape index (κ3) is 2.89. The van der Waals surface area contributed by atoms with Crippen molar-refractivity contribution in [2.24, 2.45) is 0 Å². The van der Waals surface area contributed by atoms with Crippen molar-refractivity contribution in [2.45, 2.75) is 25.3 Å². The molecule has 2 aromatic heterocycles. The van der Waals surface area contributed by atoms with Crippen LogP contribution in [-0.2, 0) is 6.42 Å². The topological polar surface area (TPSA) is 104 Å². The van der Waals surface area contributed by atoms with E-state index in [1.165, 1.54) is 6.07 Å². The lowest BCUT2D eigenvalue weighted by Crippen LogP contribution is -2.35. The van der Waals surface area contributed by atoms with Crippen LogP contribution in [0.25, 0.3) is 11.3 Å². The first-order chi connectivity index (χ1) is 14.1. The van der Waals surface area contributed by atoms with Gasteiger partial charge in [0.25, 0.3) is 11.8 Å². The molecule has 8 nitrogen and oxygen atoms in total. The molecule has 0 saturated carbocycles.